The van der Waals surface area contributed by atoms with E-state index in [0.29, 0.717) is 17.1 Å². The Morgan fingerprint density at radius 1 is 1.11 bits per heavy atom. The van der Waals surface area contributed by atoms with Gasteiger partial charge in [0.05, 0.1) is 6.21 Å². The molecule has 5 rings (SSSR count). The number of nitrogens with one attached hydrogen (secondary N) is 2. The van der Waals surface area contributed by atoms with E-state index < -0.39 is 11.8 Å². The van der Waals surface area contributed by atoms with Gasteiger partial charge in [0.25, 0.3) is 0 Å². The molecular weight excluding hydrogens is 467 g/mol. The fourth-order valence-corrected chi connectivity index (χ4v) is 3.38. The Labute approximate surface area is 202 Å². The minimum atomic E-state index is -0.697. The van der Waals surface area contributed by atoms with Crippen LogP contribution in [-0.4, -0.2) is 42.5 Å². The summed E-state index contributed by atoms with van der Waals surface area (Å²) in [5.74, 6) is -0.0160. The number of hydrogen-bond acceptors (Lipinski definition) is 8. The first-order valence-corrected chi connectivity index (χ1v) is 10.5. The third-order valence-electron chi connectivity index (χ3n) is 5.03. The van der Waals surface area contributed by atoms with E-state index in [1.54, 1.807) is 24.3 Å². The number of aromatic hydroxyl groups is 1. The summed E-state index contributed by atoms with van der Waals surface area (Å²) in [6, 6.07) is 17.1. The molecule has 0 fully saturated rings. The van der Waals surface area contributed by atoms with Gasteiger partial charge in [-0.25, -0.2) is 19.6 Å². The largest absolute Gasteiger partial charge is 0.507 e. The number of pyridine rings is 1. The summed E-state index contributed by atoms with van der Waals surface area (Å²) in [5, 5.41) is 29.0. The minimum Gasteiger partial charge on any atom is -0.507 e. The molecule has 0 aliphatic carbocycles. The highest BCUT2D eigenvalue weighted by Crippen LogP contribution is 2.28. The second-order valence-corrected chi connectivity index (χ2v) is 7.40. The van der Waals surface area contributed by atoms with Crippen molar-refractivity contribution in [2.45, 2.75) is 0 Å². The van der Waals surface area contributed by atoms with Crippen molar-refractivity contribution in [3.8, 4) is 23.1 Å². The average Bonchev–Trinajstić information content (AvgIpc) is 3.42. The van der Waals surface area contributed by atoms with Crippen molar-refractivity contribution in [3.63, 3.8) is 0 Å². The second kappa shape index (κ2) is 9.85. The van der Waals surface area contributed by atoms with Crippen molar-refractivity contribution in [1.29, 1.82) is 0 Å². The zero-order valence-electron chi connectivity index (χ0n) is 18.4. The first kappa shape index (κ1) is 22.4. The second-order valence-electron chi connectivity index (χ2n) is 7.40. The number of phenols is 1. The lowest BCUT2D eigenvalue weighted by atomic mass is 10.0. The number of nitrogens with zero attached hydrogens (tertiary/aromatic N) is 6. The van der Waals surface area contributed by atoms with E-state index in [2.05, 4.69) is 36.4 Å². The Bertz CT molecular complexity index is 1570. The normalized spacial score (nSPS) is 11.0. The third-order valence-corrected chi connectivity index (χ3v) is 5.03. The molecule has 0 unspecified atom stereocenters. The van der Waals surface area contributed by atoms with Crippen LogP contribution >= 0.6 is 0 Å². The third kappa shape index (κ3) is 4.92. The number of carbonyl (C=O) groups excluding carboxylic acids is 1. The summed E-state index contributed by atoms with van der Waals surface area (Å²) in [6.07, 6.45) is 4.18. The molecular formula is C24H17FN8O3. The molecule has 178 valence electrons. The number of fused-ring (bicyclic) bond motifs is 1. The zero-order chi connectivity index (χ0) is 24.9. The Morgan fingerprint density at radius 2 is 2.00 bits per heavy atom. The highest BCUT2D eigenvalue weighted by atomic mass is 19.1. The van der Waals surface area contributed by atoms with Crippen LogP contribution in [0, 0.1) is 5.82 Å². The van der Waals surface area contributed by atoms with Gasteiger partial charge in [-0.1, -0.05) is 30.3 Å². The molecule has 2 heterocycles. The molecule has 2 amide bonds. The lowest BCUT2D eigenvalue weighted by Gasteiger charge is -2.10. The fourth-order valence-electron chi connectivity index (χ4n) is 3.38. The maximum Gasteiger partial charge on any atom is 0.339 e. The van der Waals surface area contributed by atoms with Crippen molar-refractivity contribution in [2.75, 3.05) is 5.32 Å². The quantitative estimate of drug-likeness (QED) is 0.244. The van der Waals surface area contributed by atoms with Gasteiger partial charge in [0.2, 0.25) is 0 Å². The highest BCUT2D eigenvalue weighted by molar-refractivity contribution is 6.02. The van der Waals surface area contributed by atoms with E-state index in [1.807, 2.05) is 24.3 Å². The summed E-state index contributed by atoms with van der Waals surface area (Å²) in [6.45, 7) is 0. The Morgan fingerprint density at radius 3 is 2.83 bits per heavy atom. The molecule has 0 saturated heterocycles. The number of benzene rings is 3. The van der Waals surface area contributed by atoms with Crippen LogP contribution in [0.4, 0.5) is 14.9 Å². The van der Waals surface area contributed by atoms with E-state index in [1.165, 1.54) is 35.6 Å². The van der Waals surface area contributed by atoms with Crippen LogP contribution in [0.5, 0.6) is 17.2 Å². The average molecular weight is 484 g/mol. The molecule has 3 N–H and O–H groups in total. The lowest BCUT2D eigenvalue weighted by molar-refractivity contribution is 0.252. The molecule has 36 heavy (non-hydrogen) atoms. The molecule has 0 aliphatic heterocycles. The molecule has 5 aromatic rings. The number of phenolic OH excluding ortho intramolecular Hbond substituents is 1. The molecule has 0 aliphatic rings. The first-order chi connectivity index (χ1) is 17.6. The number of hydrogen-bond donors (Lipinski definition) is 3. The SMILES string of the molecule is O=C(N/N=C/c1c(O)ccc2ccccc12)Nc1ccc(Oc2ccnc(-n3cnnn3)c2)c(F)c1. The number of urea groups is 1. The molecule has 12 heteroatoms. The smallest absolute Gasteiger partial charge is 0.339 e. The Balaban J connectivity index is 1.23. The van der Waals surface area contributed by atoms with Crippen LogP contribution in [-0.2, 0) is 0 Å². The Kier molecular flexibility index (Phi) is 6.13. The number of halogens is 1. The van der Waals surface area contributed by atoms with Gasteiger partial charge in [-0.15, -0.1) is 5.10 Å². The van der Waals surface area contributed by atoms with Crippen LogP contribution in [0.15, 0.2) is 84.4 Å². The Hall–Kier alpha value is -5.39. The molecule has 0 saturated carbocycles. The number of ether oxygens (including phenoxy) is 1. The van der Waals surface area contributed by atoms with Crippen molar-refractivity contribution in [1.82, 2.24) is 30.6 Å². The van der Waals surface area contributed by atoms with Crippen LogP contribution in [0.2, 0.25) is 0 Å². The lowest BCUT2D eigenvalue weighted by Crippen LogP contribution is -2.24. The topological polar surface area (TPSA) is 139 Å². The van der Waals surface area contributed by atoms with E-state index in [0.717, 1.165) is 16.8 Å². The number of carbonyl (C=O) groups is 1. The predicted molar refractivity (Wildman–Crippen MR) is 129 cm³/mol. The fraction of sp³-hybridized carbons (Fsp3) is 0. The van der Waals surface area contributed by atoms with Crippen molar-refractivity contribution in [2.24, 2.45) is 5.10 Å². The van der Waals surface area contributed by atoms with Crippen molar-refractivity contribution >= 4 is 28.7 Å². The summed E-state index contributed by atoms with van der Waals surface area (Å²) < 4.78 is 21.5. The molecule has 3 aromatic carbocycles. The van der Waals surface area contributed by atoms with Crippen molar-refractivity contribution < 1.29 is 19.0 Å². The summed E-state index contributed by atoms with van der Waals surface area (Å²) >= 11 is 0. The van der Waals surface area contributed by atoms with Gasteiger partial charge in [-0.05, 0) is 45.5 Å². The molecule has 0 bridgehead atoms. The number of rotatable bonds is 6. The van der Waals surface area contributed by atoms with Crippen LogP contribution in [0.1, 0.15) is 5.56 Å². The molecule has 0 spiro atoms. The van der Waals surface area contributed by atoms with Crippen molar-refractivity contribution in [3.05, 3.63) is 90.6 Å². The summed E-state index contributed by atoms with van der Waals surface area (Å²) in [7, 11) is 0. The first-order valence-electron chi connectivity index (χ1n) is 10.5. The predicted octanol–water partition coefficient (Wildman–Crippen LogP) is 4.00. The number of tetrazole rings is 1. The van der Waals surface area contributed by atoms with Gasteiger partial charge in [0, 0.05) is 29.6 Å². The molecule has 11 nitrogen and oxygen atoms in total. The van der Waals surface area contributed by atoms with Crippen LogP contribution < -0.4 is 15.5 Å². The number of amides is 2. The highest BCUT2D eigenvalue weighted by Gasteiger charge is 2.10. The van der Waals surface area contributed by atoms with Crippen LogP contribution in [0.3, 0.4) is 0 Å². The minimum absolute atomic E-state index is 0.0246. The number of anilines is 1. The standard InChI is InChI=1S/C24H17FN8O3/c25-20-11-16(6-8-22(20)36-17-9-10-26-23(12-17)33-14-28-31-32-33)29-24(35)30-27-13-19-18-4-2-1-3-15(18)5-7-21(19)34/h1-14,34H,(H2,29,30,35)/b27-13+. The van der Waals surface area contributed by atoms with Gasteiger partial charge < -0.3 is 15.2 Å². The van der Waals surface area contributed by atoms with E-state index >= 15 is 0 Å². The zero-order valence-corrected chi connectivity index (χ0v) is 18.4. The summed E-state index contributed by atoms with van der Waals surface area (Å²) in [5.41, 5.74) is 2.94. The van der Waals surface area contributed by atoms with Crippen LogP contribution in [0.25, 0.3) is 16.6 Å². The van der Waals surface area contributed by atoms with Gasteiger partial charge in [0.15, 0.2) is 17.4 Å². The number of aromatic nitrogens is 5. The summed E-state index contributed by atoms with van der Waals surface area (Å²) in [4.78, 5) is 16.3. The van der Waals surface area contributed by atoms with Gasteiger partial charge in [0.1, 0.15) is 17.8 Å². The van der Waals surface area contributed by atoms with Gasteiger partial charge in [-0.2, -0.15) is 9.78 Å². The van der Waals surface area contributed by atoms with E-state index in [9.17, 15) is 14.3 Å². The maximum absolute atomic E-state index is 14.6. The van der Waals surface area contributed by atoms with E-state index in [-0.39, 0.29) is 17.2 Å². The molecule has 2 aromatic heterocycles. The number of hydrazone groups is 1. The van der Waals surface area contributed by atoms with Gasteiger partial charge >= 0.3 is 6.03 Å². The molecule has 0 radical (unpaired) electrons. The monoisotopic (exact) mass is 484 g/mol. The maximum atomic E-state index is 14.6. The molecule has 0 atom stereocenters. The van der Waals surface area contributed by atoms with E-state index in [4.69, 9.17) is 4.74 Å². The van der Waals surface area contributed by atoms with Gasteiger partial charge in [-0.3, -0.25) is 0 Å².